The molecule has 1 fully saturated rings. The average Bonchev–Trinajstić information content (AvgIpc) is 3.76. The molecule has 2 aliphatic rings. The minimum absolute atomic E-state index is 0.628. The first-order valence-electron chi connectivity index (χ1n) is 21.6. The van der Waals surface area contributed by atoms with Crippen LogP contribution in [0.2, 0.25) is 0 Å². The van der Waals surface area contributed by atoms with E-state index in [-0.39, 0.29) is 0 Å². The number of rotatable bonds is 10. The second-order valence-electron chi connectivity index (χ2n) is 16.5. The van der Waals surface area contributed by atoms with Gasteiger partial charge in [0.25, 0.3) is 0 Å². The van der Waals surface area contributed by atoms with Crippen LogP contribution in [0.25, 0.3) is 75.5 Å². The SMILES string of the molecule is CCC/C(=C\C=C/Cc1ccccc1-c1ccc2sc3ccc(-n4c5ccccc5c5cc(-c6ccccc6C6=CC=CC7CCCC6C7)ccc54)cc3c2c1)CC. The molecule has 0 radical (unpaired) electrons. The van der Waals surface area contributed by atoms with Gasteiger partial charge >= 0.3 is 0 Å². The number of benzene rings is 6. The van der Waals surface area contributed by atoms with Crippen molar-refractivity contribution in [2.24, 2.45) is 11.8 Å². The van der Waals surface area contributed by atoms with Crippen molar-refractivity contribution < 1.29 is 0 Å². The Kier molecular flexibility index (Phi) is 10.1. The monoisotopic (exact) mass is 769 g/mol. The minimum Gasteiger partial charge on any atom is -0.309 e. The van der Waals surface area contributed by atoms with E-state index in [0.29, 0.717) is 5.92 Å². The Morgan fingerprint density at radius 2 is 1.41 bits per heavy atom. The van der Waals surface area contributed by atoms with Gasteiger partial charge in [-0.3, -0.25) is 0 Å². The lowest BCUT2D eigenvalue weighted by atomic mass is 9.76. The molecule has 2 atom stereocenters. The molecular formula is C56H51NS. The lowest BCUT2D eigenvalue weighted by Crippen LogP contribution is -2.14. The lowest BCUT2D eigenvalue weighted by Gasteiger charge is -2.29. The Morgan fingerprint density at radius 1 is 0.690 bits per heavy atom. The van der Waals surface area contributed by atoms with E-state index in [1.807, 2.05) is 11.3 Å². The van der Waals surface area contributed by atoms with Gasteiger partial charge in [0.15, 0.2) is 0 Å². The van der Waals surface area contributed by atoms with Crippen LogP contribution in [0, 0.1) is 11.8 Å². The van der Waals surface area contributed by atoms with Crippen molar-refractivity contribution in [1.29, 1.82) is 0 Å². The van der Waals surface area contributed by atoms with E-state index < -0.39 is 0 Å². The Morgan fingerprint density at radius 3 is 2.29 bits per heavy atom. The quantitative estimate of drug-likeness (QED) is 0.122. The fourth-order valence-corrected chi connectivity index (χ4v) is 11.1. The summed E-state index contributed by atoms with van der Waals surface area (Å²) in [5, 5.41) is 5.23. The topological polar surface area (TPSA) is 4.93 Å². The van der Waals surface area contributed by atoms with Crippen molar-refractivity contribution in [3.8, 4) is 27.9 Å². The first-order valence-corrected chi connectivity index (χ1v) is 22.4. The second-order valence-corrected chi connectivity index (χ2v) is 17.6. The van der Waals surface area contributed by atoms with Gasteiger partial charge in [0.1, 0.15) is 0 Å². The number of fused-ring (bicyclic) bond motifs is 8. The van der Waals surface area contributed by atoms with Gasteiger partial charge in [-0.1, -0.05) is 148 Å². The van der Waals surface area contributed by atoms with Gasteiger partial charge in [-0.15, -0.1) is 11.3 Å². The van der Waals surface area contributed by atoms with Crippen molar-refractivity contribution in [3.05, 3.63) is 181 Å². The Bertz CT molecular complexity index is 2940. The van der Waals surface area contributed by atoms with Crippen LogP contribution in [0.1, 0.15) is 69.9 Å². The third-order valence-corrected chi connectivity index (χ3v) is 14.1. The highest BCUT2D eigenvalue weighted by atomic mass is 32.1. The van der Waals surface area contributed by atoms with Crippen LogP contribution in [0.5, 0.6) is 0 Å². The van der Waals surface area contributed by atoms with Crippen LogP contribution in [0.4, 0.5) is 0 Å². The highest BCUT2D eigenvalue weighted by Gasteiger charge is 2.27. The third-order valence-electron chi connectivity index (χ3n) is 12.9. The Hall–Kier alpha value is -5.70. The number of para-hydroxylation sites is 1. The fourth-order valence-electron chi connectivity index (χ4n) is 10.0. The first-order chi connectivity index (χ1) is 28.7. The van der Waals surface area contributed by atoms with E-state index in [9.17, 15) is 0 Å². The maximum atomic E-state index is 2.48. The molecule has 0 aliphatic heterocycles. The Labute approximate surface area is 347 Å². The molecule has 2 heteroatoms. The molecule has 1 saturated carbocycles. The summed E-state index contributed by atoms with van der Waals surface area (Å²) in [5.74, 6) is 1.35. The zero-order chi connectivity index (χ0) is 39.0. The van der Waals surface area contributed by atoms with Gasteiger partial charge in [0.05, 0.1) is 11.0 Å². The summed E-state index contributed by atoms with van der Waals surface area (Å²) in [5.41, 5.74) is 14.7. The van der Waals surface area contributed by atoms with Gasteiger partial charge < -0.3 is 4.57 Å². The summed E-state index contributed by atoms with van der Waals surface area (Å²) in [6, 6.07) is 48.3. The third kappa shape index (κ3) is 6.78. The lowest BCUT2D eigenvalue weighted by molar-refractivity contribution is 0.362. The van der Waals surface area contributed by atoms with Gasteiger partial charge in [0, 0.05) is 36.6 Å². The zero-order valence-corrected chi connectivity index (χ0v) is 34.6. The van der Waals surface area contributed by atoms with Crippen molar-refractivity contribution in [2.75, 3.05) is 0 Å². The van der Waals surface area contributed by atoms with E-state index in [2.05, 4.69) is 182 Å². The van der Waals surface area contributed by atoms with Crippen LogP contribution in [0.15, 0.2) is 169 Å². The number of hydrogen-bond donors (Lipinski definition) is 0. The van der Waals surface area contributed by atoms with Gasteiger partial charge in [-0.05, 0) is 138 Å². The normalized spacial score (nSPS) is 17.2. The van der Waals surface area contributed by atoms with Crippen LogP contribution in [-0.2, 0) is 6.42 Å². The molecule has 6 aromatic carbocycles. The van der Waals surface area contributed by atoms with Gasteiger partial charge in [-0.25, -0.2) is 0 Å². The summed E-state index contributed by atoms with van der Waals surface area (Å²) in [7, 11) is 0. The standard InChI is InChI=1S/C56H51NS/c1-3-15-38(4-2)16-5-6-19-40-20-7-8-22-45(40)42-29-32-55-51(36-42)52-37-44(30-33-56(52)58-55)57-53-27-12-11-25-49(53)50-35-43(28-31-54(50)57)46-23-9-10-24-48(46)47-26-14-18-39-17-13-21-41(47)34-39/h5-12,14,16,18,20,22-33,35-37,39,41H,3-4,13,15,17,19,21,34H2,1-2H3/b6-5-,38-16-. The predicted octanol–water partition coefficient (Wildman–Crippen LogP) is 16.5. The number of hydrogen-bond acceptors (Lipinski definition) is 1. The van der Waals surface area contributed by atoms with E-state index in [1.165, 1.54) is 131 Å². The predicted molar refractivity (Wildman–Crippen MR) is 253 cm³/mol. The fraction of sp³-hybridized carbons (Fsp3) is 0.214. The summed E-state index contributed by atoms with van der Waals surface area (Å²) in [6.45, 7) is 4.52. The van der Waals surface area contributed by atoms with Crippen LogP contribution in [0.3, 0.4) is 0 Å². The van der Waals surface area contributed by atoms with Crippen LogP contribution < -0.4 is 0 Å². The summed E-state index contributed by atoms with van der Waals surface area (Å²) in [4.78, 5) is 0. The maximum Gasteiger partial charge on any atom is 0.0541 e. The van der Waals surface area contributed by atoms with E-state index in [1.54, 1.807) is 0 Å². The molecule has 2 unspecified atom stereocenters. The highest BCUT2D eigenvalue weighted by molar-refractivity contribution is 7.25. The van der Waals surface area contributed by atoms with Gasteiger partial charge in [0.2, 0.25) is 0 Å². The van der Waals surface area contributed by atoms with Crippen molar-refractivity contribution in [1.82, 2.24) is 4.57 Å². The minimum atomic E-state index is 0.628. The molecule has 2 heterocycles. The van der Waals surface area contributed by atoms with E-state index in [0.717, 1.165) is 18.8 Å². The van der Waals surface area contributed by atoms with Crippen LogP contribution in [-0.4, -0.2) is 4.57 Å². The summed E-state index contributed by atoms with van der Waals surface area (Å²) in [6.07, 6.45) is 23.7. The molecular weight excluding hydrogens is 719 g/mol. The molecule has 0 amide bonds. The second kappa shape index (κ2) is 15.9. The van der Waals surface area contributed by atoms with Gasteiger partial charge in [-0.2, -0.15) is 0 Å². The number of allylic oxidation sites excluding steroid dienone is 8. The number of thiophene rings is 1. The molecule has 2 aromatic heterocycles. The first kappa shape index (κ1) is 36.6. The maximum absolute atomic E-state index is 2.48. The molecule has 0 saturated heterocycles. The van der Waals surface area contributed by atoms with Crippen LogP contribution >= 0.6 is 11.3 Å². The van der Waals surface area contributed by atoms with E-state index >= 15 is 0 Å². The average molecular weight is 770 g/mol. The van der Waals surface area contributed by atoms with Crippen molar-refractivity contribution >= 4 is 58.9 Å². The van der Waals surface area contributed by atoms with Crippen molar-refractivity contribution in [3.63, 3.8) is 0 Å². The highest BCUT2D eigenvalue weighted by Crippen LogP contribution is 2.45. The molecule has 0 spiro atoms. The molecule has 0 N–H and O–H groups in total. The van der Waals surface area contributed by atoms with E-state index in [4.69, 9.17) is 0 Å². The molecule has 58 heavy (non-hydrogen) atoms. The number of aromatic nitrogens is 1. The molecule has 2 aliphatic carbocycles. The molecule has 286 valence electrons. The molecule has 10 rings (SSSR count). The largest absolute Gasteiger partial charge is 0.309 e. The zero-order valence-electron chi connectivity index (χ0n) is 33.8. The number of nitrogens with zero attached hydrogens (tertiary/aromatic N) is 1. The Balaban J connectivity index is 1.04. The molecule has 2 bridgehead atoms. The molecule has 8 aromatic rings. The van der Waals surface area contributed by atoms with Crippen molar-refractivity contribution in [2.45, 2.75) is 65.2 Å². The molecule has 1 nitrogen and oxygen atoms in total. The smallest absolute Gasteiger partial charge is 0.0541 e. The summed E-state index contributed by atoms with van der Waals surface area (Å²) < 4.78 is 5.13. The summed E-state index contributed by atoms with van der Waals surface area (Å²) >= 11 is 1.89.